The van der Waals surface area contributed by atoms with Gasteiger partial charge < -0.3 is 28.8 Å². The van der Waals surface area contributed by atoms with Crippen molar-refractivity contribution in [1.29, 1.82) is 10.5 Å². The Morgan fingerprint density at radius 1 is 0.527 bits per heavy atom. The molecule has 0 amide bonds. The molecular weight excluding hydrogens is 1030 g/mol. The molecule has 8 aromatic rings. The van der Waals surface area contributed by atoms with Crippen LogP contribution >= 0.6 is 11.3 Å². The van der Waals surface area contributed by atoms with Crippen molar-refractivity contribution in [3.8, 4) is 23.3 Å². The van der Waals surface area contributed by atoms with Crippen LogP contribution in [0.3, 0.4) is 0 Å². The van der Waals surface area contributed by atoms with Gasteiger partial charge in [-0.15, -0.1) is 20.5 Å². The summed E-state index contributed by atoms with van der Waals surface area (Å²) in [5, 5.41) is 45.3. The second-order valence-corrected chi connectivity index (χ2v) is 21.1. The summed E-state index contributed by atoms with van der Waals surface area (Å²) in [6, 6.07) is 30.8. The van der Waals surface area contributed by atoms with Crippen LogP contribution in [0.25, 0.3) is 32.7 Å². The molecular formula is C44H25Li4N9O12S5. The van der Waals surface area contributed by atoms with Gasteiger partial charge in [0, 0.05) is 33.3 Å². The number of pyridine rings is 1. The smallest absolute Gasteiger partial charge is 0.744 e. The molecule has 0 aliphatic heterocycles. The molecule has 0 fully saturated rings. The van der Waals surface area contributed by atoms with Crippen molar-refractivity contribution in [3.63, 3.8) is 0 Å². The van der Waals surface area contributed by atoms with E-state index in [-0.39, 0.29) is 147 Å². The van der Waals surface area contributed by atoms with Gasteiger partial charge in [0.2, 0.25) is 0 Å². The second-order valence-electron chi connectivity index (χ2n) is 14.7. The van der Waals surface area contributed by atoms with Crippen molar-refractivity contribution in [2.75, 3.05) is 10.6 Å². The van der Waals surface area contributed by atoms with Crippen molar-refractivity contribution in [3.05, 3.63) is 138 Å². The average molecular weight is 1060 g/mol. The van der Waals surface area contributed by atoms with E-state index in [2.05, 4.69) is 42.1 Å². The summed E-state index contributed by atoms with van der Waals surface area (Å²) in [6.07, 6.45) is 0. The van der Waals surface area contributed by atoms with Gasteiger partial charge in [-0.25, -0.2) is 38.7 Å². The molecule has 0 radical (unpaired) electrons. The number of rotatable bonds is 13. The van der Waals surface area contributed by atoms with Gasteiger partial charge in [-0.2, -0.15) is 10.5 Å². The van der Waals surface area contributed by atoms with E-state index >= 15 is 0 Å². The van der Waals surface area contributed by atoms with E-state index in [0.717, 1.165) is 64.6 Å². The molecule has 2 aromatic heterocycles. The number of azo groups is 2. The Labute approximate surface area is 475 Å². The molecule has 0 bridgehead atoms. The number of thiophene rings is 1. The zero-order valence-corrected chi connectivity index (χ0v) is 43.2. The number of aromatic nitrogens is 1. The van der Waals surface area contributed by atoms with Crippen LogP contribution in [-0.4, -0.2) is 56.9 Å². The standard InChI is InChI=1S/C44H29N9O12S5.4Li/c1-24-35(22-45)41(47-28-8-13-31(14-9-28)67(54,55)56)49-42(48-29-10-15-32(16-11-29)68(57,58)59)40(24)51-52-43-36(23-46)39(27-7-6-25-4-2-3-5-26(25)20-27)44(66-43)53-50-30-12-17-33-34(21-30)38(70(63,64)65)19-18-37(33)69(60,61)62;;;;/h2-21H,1H3,(H2,47,48,49)(H,54,55,56)(H,57,58,59)(H,60,61,62)(H,63,64,65);;;;/q;4*+1/p-4. The quantitative estimate of drug-likeness (QED) is 0.0665. The monoisotopic (exact) mass is 1060 g/mol. The number of hydrogen-bond acceptors (Lipinski definition) is 22. The number of anilines is 4. The van der Waals surface area contributed by atoms with Gasteiger partial charge in [-0.05, 0) is 102 Å². The maximum absolute atomic E-state index is 12.2. The van der Waals surface area contributed by atoms with Gasteiger partial charge in [0.25, 0.3) is 0 Å². The van der Waals surface area contributed by atoms with Gasteiger partial charge in [-0.1, -0.05) is 53.8 Å². The van der Waals surface area contributed by atoms with Crippen LogP contribution < -0.4 is 86.1 Å². The van der Waals surface area contributed by atoms with Gasteiger partial charge in [0.1, 0.15) is 68.9 Å². The zero-order chi connectivity index (χ0) is 50.3. The van der Waals surface area contributed by atoms with E-state index in [1.807, 2.05) is 24.3 Å². The second kappa shape index (κ2) is 24.0. The fraction of sp³-hybridized carbons (Fsp3) is 0.0227. The predicted octanol–water partition coefficient (Wildman–Crippen LogP) is -2.88. The zero-order valence-electron chi connectivity index (χ0n) is 39.1. The summed E-state index contributed by atoms with van der Waals surface area (Å²) in [5.74, 6) is -0.194. The first-order valence-electron chi connectivity index (χ1n) is 19.5. The molecule has 0 spiro atoms. The number of benzene rings is 6. The largest absolute Gasteiger partial charge is 1.00 e. The van der Waals surface area contributed by atoms with E-state index < -0.39 is 65.4 Å². The van der Waals surface area contributed by atoms with Gasteiger partial charge >= 0.3 is 75.4 Å². The number of nitrogens with zero attached hydrogens (tertiary/aromatic N) is 7. The van der Waals surface area contributed by atoms with Crippen molar-refractivity contribution in [2.45, 2.75) is 26.5 Å². The summed E-state index contributed by atoms with van der Waals surface area (Å²) in [6.45, 7) is 1.49. The third-order valence-electron chi connectivity index (χ3n) is 10.3. The molecule has 6 aromatic carbocycles. The van der Waals surface area contributed by atoms with E-state index in [9.17, 15) is 62.4 Å². The normalized spacial score (nSPS) is 11.7. The Balaban J connectivity index is 0.00000296. The third kappa shape index (κ3) is 13.3. The minimum Gasteiger partial charge on any atom is -0.744 e. The molecule has 0 aliphatic rings. The van der Waals surface area contributed by atoms with Crippen molar-refractivity contribution >= 4 is 118 Å². The van der Waals surface area contributed by atoms with Crippen LogP contribution in [0.2, 0.25) is 0 Å². The molecule has 0 atom stereocenters. The Hall–Kier alpha value is -5.50. The van der Waals surface area contributed by atoms with E-state index in [0.29, 0.717) is 11.6 Å². The van der Waals surface area contributed by atoms with Crippen molar-refractivity contribution < 1.29 is 127 Å². The molecule has 0 saturated carbocycles. The van der Waals surface area contributed by atoms with Crippen LogP contribution in [0.4, 0.5) is 44.4 Å². The first kappa shape index (κ1) is 61.0. The van der Waals surface area contributed by atoms with E-state index in [1.54, 1.807) is 24.3 Å². The number of hydrogen-bond donors (Lipinski definition) is 2. The summed E-state index contributed by atoms with van der Waals surface area (Å²) < 4.78 is 142. The molecule has 74 heavy (non-hydrogen) atoms. The third-order valence-corrected chi connectivity index (χ3v) is 14.8. The minimum atomic E-state index is -5.20. The summed E-state index contributed by atoms with van der Waals surface area (Å²) >= 11 is 0.824. The summed E-state index contributed by atoms with van der Waals surface area (Å²) in [5.41, 5.74) is 0.908. The van der Waals surface area contributed by atoms with E-state index in [4.69, 9.17) is 0 Å². The average Bonchev–Trinajstić information content (AvgIpc) is 3.66. The van der Waals surface area contributed by atoms with Crippen LogP contribution in [0.1, 0.15) is 16.7 Å². The van der Waals surface area contributed by atoms with Crippen LogP contribution in [0.15, 0.2) is 161 Å². The maximum atomic E-state index is 12.2. The van der Waals surface area contributed by atoms with Crippen molar-refractivity contribution in [1.82, 2.24) is 4.98 Å². The van der Waals surface area contributed by atoms with Gasteiger partial charge in [-0.3, -0.25) is 0 Å². The molecule has 0 saturated heterocycles. The molecule has 0 aliphatic carbocycles. The number of nitriles is 2. The Morgan fingerprint density at radius 3 is 1.57 bits per heavy atom. The summed E-state index contributed by atoms with van der Waals surface area (Å²) in [7, 11) is -19.9. The molecule has 8 rings (SSSR count). The summed E-state index contributed by atoms with van der Waals surface area (Å²) in [4.78, 5) is 1.90. The Morgan fingerprint density at radius 2 is 1.04 bits per heavy atom. The maximum Gasteiger partial charge on any atom is 1.00 e. The van der Waals surface area contributed by atoms with Crippen LogP contribution in [0.5, 0.6) is 0 Å². The molecule has 2 N–H and O–H groups in total. The first-order valence-corrected chi connectivity index (χ1v) is 26.0. The Bertz CT molecular complexity index is 4120. The minimum absolute atomic E-state index is 0. The fourth-order valence-corrected chi connectivity index (χ4v) is 10.3. The van der Waals surface area contributed by atoms with Crippen LogP contribution in [0, 0.1) is 29.6 Å². The van der Waals surface area contributed by atoms with E-state index in [1.165, 1.54) is 37.3 Å². The molecule has 352 valence electrons. The molecule has 30 heteroatoms. The molecule has 21 nitrogen and oxygen atoms in total. The first-order chi connectivity index (χ1) is 33.0. The SMILES string of the molecule is Cc1c(C#N)c(Nc2ccc(S(=O)(=O)[O-])cc2)nc(Nc2ccc(S(=O)(=O)[O-])cc2)c1N=Nc1sc(N=Nc2ccc3c(S(=O)(=O)[O-])ccc(S(=O)(=O)[O-])c3c2)c(-c2ccc3ccccc3c2)c1C#N.[Li+].[Li+].[Li+].[Li+]. The topological polar surface area (TPSA) is 363 Å². The van der Waals surface area contributed by atoms with Gasteiger partial charge in [0.15, 0.2) is 16.6 Å². The Kier molecular flexibility index (Phi) is 19.8. The number of nitrogens with one attached hydrogen (secondary N) is 2. The van der Waals surface area contributed by atoms with Crippen LogP contribution in [-0.2, 0) is 40.5 Å². The number of fused-ring (bicyclic) bond motifs is 2. The molecule has 2 heterocycles. The molecule has 0 unspecified atom stereocenters. The predicted molar refractivity (Wildman–Crippen MR) is 249 cm³/mol. The fourth-order valence-electron chi connectivity index (χ4n) is 7.06. The van der Waals surface area contributed by atoms with Crippen molar-refractivity contribution in [2.24, 2.45) is 20.5 Å². The van der Waals surface area contributed by atoms with Gasteiger partial charge in [0.05, 0.1) is 30.8 Å².